The number of ether oxygens (including phenoxy) is 3. The second-order valence-corrected chi connectivity index (χ2v) is 9.39. The highest BCUT2D eigenvalue weighted by Gasteiger charge is 2.18. The SMILES string of the molecule is COc1ccc(CCOc2cccc(-c3cccc(NC(=O)CCN4CCc5ccccc54)c3)n2)cc1OC. The number of fused-ring (bicyclic) bond motifs is 1. The van der Waals surface area contributed by atoms with E-state index in [0.29, 0.717) is 43.4 Å². The minimum absolute atomic E-state index is 0.00302. The van der Waals surface area contributed by atoms with Crippen molar-refractivity contribution < 1.29 is 19.0 Å². The number of rotatable bonds is 11. The molecule has 1 aromatic heterocycles. The van der Waals surface area contributed by atoms with Gasteiger partial charge in [0.1, 0.15) is 0 Å². The van der Waals surface area contributed by atoms with Crippen molar-refractivity contribution in [3.8, 4) is 28.6 Å². The fourth-order valence-corrected chi connectivity index (χ4v) is 4.82. The first kappa shape index (κ1) is 26.1. The van der Waals surface area contributed by atoms with Crippen LogP contribution in [0.4, 0.5) is 11.4 Å². The molecular weight excluding hydrogens is 490 g/mol. The van der Waals surface area contributed by atoms with Gasteiger partial charge in [-0.15, -0.1) is 0 Å². The van der Waals surface area contributed by atoms with Gasteiger partial charge in [-0.3, -0.25) is 4.79 Å². The summed E-state index contributed by atoms with van der Waals surface area (Å²) >= 11 is 0. The fraction of sp³-hybridized carbons (Fsp3) is 0.250. The van der Waals surface area contributed by atoms with Crippen LogP contribution in [0, 0.1) is 0 Å². The van der Waals surface area contributed by atoms with Crippen LogP contribution in [-0.2, 0) is 17.6 Å². The molecule has 0 bridgehead atoms. The Hall–Kier alpha value is -4.52. The van der Waals surface area contributed by atoms with E-state index in [1.54, 1.807) is 14.2 Å². The maximum Gasteiger partial charge on any atom is 0.226 e. The molecule has 5 rings (SSSR count). The number of carbonyl (C=O) groups excluding carboxylic acids is 1. The van der Waals surface area contributed by atoms with Gasteiger partial charge in [0.2, 0.25) is 11.8 Å². The lowest BCUT2D eigenvalue weighted by Gasteiger charge is -2.19. The van der Waals surface area contributed by atoms with Crippen molar-refractivity contribution in [1.29, 1.82) is 0 Å². The van der Waals surface area contributed by atoms with Gasteiger partial charge < -0.3 is 24.4 Å². The molecule has 7 heteroatoms. The van der Waals surface area contributed by atoms with Crippen LogP contribution in [-0.4, -0.2) is 44.8 Å². The number of carbonyl (C=O) groups is 1. The Bertz CT molecular complexity index is 1440. The van der Waals surface area contributed by atoms with Gasteiger partial charge in [-0.05, 0) is 53.9 Å². The van der Waals surface area contributed by atoms with Gasteiger partial charge in [0, 0.05) is 48.9 Å². The highest BCUT2D eigenvalue weighted by atomic mass is 16.5. The first-order valence-corrected chi connectivity index (χ1v) is 13.2. The van der Waals surface area contributed by atoms with Crippen LogP contribution < -0.4 is 24.4 Å². The van der Waals surface area contributed by atoms with E-state index in [-0.39, 0.29) is 5.91 Å². The average molecular weight is 524 g/mol. The van der Waals surface area contributed by atoms with Crippen LogP contribution in [0.25, 0.3) is 11.3 Å². The lowest BCUT2D eigenvalue weighted by Crippen LogP contribution is -2.26. The molecule has 0 unspecified atom stereocenters. The van der Waals surface area contributed by atoms with E-state index >= 15 is 0 Å². The Labute approximate surface area is 229 Å². The van der Waals surface area contributed by atoms with Crippen LogP contribution in [0.15, 0.2) is 84.9 Å². The Morgan fingerprint density at radius 2 is 1.77 bits per heavy atom. The molecule has 2 heterocycles. The summed E-state index contributed by atoms with van der Waals surface area (Å²) in [4.78, 5) is 19.7. The van der Waals surface area contributed by atoms with E-state index in [1.165, 1.54) is 11.3 Å². The van der Waals surface area contributed by atoms with Crippen LogP contribution in [0.5, 0.6) is 17.4 Å². The fourth-order valence-electron chi connectivity index (χ4n) is 4.82. The number of nitrogens with zero attached hydrogens (tertiary/aromatic N) is 2. The molecule has 0 spiro atoms. The lowest BCUT2D eigenvalue weighted by molar-refractivity contribution is -0.116. The van der Waals surface area contributed by atoms with E-state index in [1.807, 2.05) is 60.7 Å². The smallest absolute Gasteiger partial charge is 0.226 e. The molecule has 39 heavy (non-hydrogen) atoms. The van der Waals surface area contributed by atoms with Crippen molar-refractivity contribution in [2.45, 2.75) is 19.3 Å². The third-order valence-corrected chi connectivity index (χ3v) is 6.85. The summed E-state index contributed by atoms with van der Waals surface area (Å²) in [5, 5.41) is 3.04. The maximum atomic E-state index is 12.7. The zero-order chi connectivity index (χ0) is 27.0. The first-order chi connectivity index (χ1) is 19.1. The van der Waals surface area contributed by atoms with Gasteiger partial charge in [-0.25, -0.2) is 4.98 Å². The Morgan fingerprint density at radius 3 is 2.64 bits per heavy atom. The van der Waals surface area contributed by atoms with Gasteiger partial charge in [0.25, 0.3) is 0 Å². The molecular formula is C32H33N3O4. The van der Waals surface area contributed by atoms with E-state index < -0.39 is 0 Å². The second-order valence-electron chi connectivity index (χ2n) is 9.39. The predicted molar refractivity (Wildman–Crippen MR) is 154 cm³/mol. The third kappa shape index (κ3) is 6.49. The van der Waals surface area contributed by atoms with Gasteiger partial charge >= 0.3 is 0 Å². The van der Waals surface area contributed by atoms with Gasteiger partial charge in [-0.2, -0.15) is 0 Å². The molecule has 0 atom stereocenters. The van der Waals surface area contributed by atoms with Crippen molar-refractivity contribution in [2.24, 2.45) is 0 Å². The zero-order valence-corrected chi connectivity index (χ0v) is 22.4. The molecule has 0 saturated heterocycles. The Morgan fingerprint density at radius 1 is 0.923 bits per heavy atom. The summed E-state index contributed by atoms with van der Waals surface area (Å²) in [5.74, 6) is 1.95. The first-order valence-electron chi connectivity index (χ1n) is 13.2. The zero-order valence-electron chi connectivity index (χ0n) is 22.4. The van der Waals surface area contributed by atoms with Crippen molar-refractivity contribution in [3.63, 3.8) is 0 Å². The van der Waals surface area contributed by atoms with Crippen molar-refractivity contribution in [2.75, 3.05) is 44.1 Å². The van der Waals surface area contributed by atoms with E-state index in [4.69, 9.17) is 14.2 Å². The van der Waals surface area contributed by atoms with Crippen LogP contribution in [0.1, 0.15) is 17.5 Å². The lowest BCUT2D eigenvalue weighted by atomic mass is 10.1. The molecule has 0 radical (unpaired) electrons. The molecule has 7 nitrogen and oxygen atoms in total. The highest BCUT2D eigenvalue weighted by Crippen LogP contribution is 2.29. The number of methoxy groups -OCH3 is 2. The second kappa shape index (κ2) is 12.3. The predicted octanol–water partition coefficient (Wildman–Crippen LogP) is 5.78. The summed E-state index contributed by atoms with van der Waals surface area (Å²) < 4.78 is 16.6. The standard InChI is InChI=1S/C32H33N3O4/c1-37-29-14-13-23(21-30(29)38-2)17-20-39-32-12-6-10-27(34-32)25-8-5-9-26(22-25)33-31(36)16-19-35-18-15-24-7-3-4-11-28(24)35/h3-14,21-22H,15-20H2,1-2H3,(H,33,36). The molecule has 1 aliphatic heterocycles. The van der Waals surface area contributed by atoms with Crippen LogP contribution in [0.3, 0.4) is 0 Å². The van der Waals surface area contributed by atoms with Crippen LogP contribution in [0.2, 0.25) is 0 Å². The Kier molecular flexibility index (Phi) is 8.26. The molecule has 1 amide bonds. The third-order valence-electron chi connectivity index (χ3n) is 6.85. The molecule has 1 N–H and O–H groups in total. The average Bonchev–Trinajstić information content (AvgIpc) is 3.39. The number of amides is 1. The van der Waals surface area contributed by atoms with Crippen molar-refractivity contribution in [1.82, 2.24) is 4.98 Å². The molecule has 0 saturated carbocycles. The number of hydrogen-bond donors (Lipinski definition) is 1. The number of para-hydroxylation sites is 1. The topological polar surface area (TPSA) is 72.9 Å². The number of hydrogen-bond acceptors (Lipinski definition) is 6. The summed E-state index contributed by atoms with van der Waals surface area (Å²) in [6.45, 7) is 2.14. The molecule has 1 aliphatic rings. The number of pyridine rings is 1. The van der Waals surface area contributed by atoms with E-state index in [9.17, 15) is 4.79 Å². The quantitative estimate of drug-likeness (QED) is 0.269. The highest BCUT2D eigenvalue weighted by molar-refractivity contribution is 5.91. The summed E-state index contributed by atoms with van der Waals surface area (Å²) in [7, 11) is 3.25. The summed E-state index contributed by atoms with van der Waals surface area (Å²) in [5.41, 5.74) is 6.12. The molecule has 3 aromatic carbocycles. The number of nitrogens with one attached hydrogen (secondary N) is 1. The largest absolute Gasteiger partial charge is 0.493 e. The summed E-state index contributed by atoms with van der Waals surface area (Å²) in [6.07, 6.45) is 2.17. The van der Waals surface area contributed by atoms with Gasteiger partial charge in [0.05, 0.1) is 26.5 Å². The van der Waals surface area contributed by atoms with E-state index in [2.05, 4.69) is 39.5 Å². The summed E-state index contributed by atoms with van der Waals surface area (Å²) in [6, 6.07) is 27.7. The number of benzene rings is 3. The monoisotopic (exact) mass is 523 g/mol. The minimum Gasteiger partial charge on any atom is -0.493 e. The molecule has 200 valence electrons. The van der Waals surface area contributed by atoms with Gasteiger partial charge in [-0.1, -0.05) is 42.5 Å². The maximum absolute atomic E-state index is 12.7. The molecule has 0 aliphatic carbocycles. The Balaban J connectivity index is 1.16. The van der Waals surface area contributed by atoms with Crippen molar-refractivity contribution in [3.05, 3.63) is 96.1 Å². The van der Waals surface area contributed by atoms with Crippen molar-refractivity contribution >= 4 is 17.3 Å². The van der Waals surface area contributed by atoms with Crippen LogP contribution >= 0.6 is 0 Å². The molecule has 0 fully saturated rings. The normalized spacial score (nSPS) is 12.1. The number of aromatic nitrogens is 1. The number of anilines is 2. The van der Waals surface area contributed by atoms with E-state index in [0.717, 1.165) is 35.5 Å². The molecule has 4 aromatic rings. The van der Waals surface area contributed by atoms with Gasteiger partial charge in [0.15, 0.2) is 11.5 Å². The minimum atomic E-state index is -0.00302.